The van der Waals surface area contributed by atoms with Crippen LogP contribution in [0.25, 0.3) is 0 Å². The smallest absolute Gasteiger partial charge is 0.547 e. The molecule has 0 spiro atoms. The summed E-state index contributed by atoms with van der Waals surface area (Å²) in [6.45, 7) is 5.67. The molecule has 0 rings (SSSR count). The molecule has 0 aliphatic carbocycles. The molecule has 0 aromatic rings. The van der Waals surface area contributed by atoms with Crippen molar-refractivity contribution in [3.63, 3.8) is 0 Å². The second kappa shape index (κ2) is 30.2. The molecule has 0 fully saturated rings. The molecule has 0 bridgehead atoms. The van der Waals surface area contributed by atoms with Crippen molar-refractivity contribution < 1.29 is 75.0 Å². The van der Waals surface area contributed by atoms with Crippen LogP contribution in [0.4, 0.5) is 0 Å². The molecule has 32 heavy (non-hydrogen) atoms. The van der Waals surface area contributed by atoms with E-state index in [1.54, 1.807) is 0 Å². The van der Waals surface area contributed by atoms with Crippen molar-refractivity contribution in [3.05, 3.63) is 0 Å². The van der Waals surface area contributed by atoms with E-state index in [0.717, 1.165) is 34.6 Å². The zero-order valence-electron chi connectivity index (χ0n) is 17.9. The average molecular weight is 607 g/mol. The van der Waals surface area contributed by atoms with Crippen LogP contribution in [0.1, 0.15) is 34.6 Å². The molecule has 5 N–H and O–H groups in total. The number of carboxylic acid groups (broad SMARTS) is 5. The molecule has 0 saturated carbocycles. The van der Waals surface area contributed by atoms with Gasteiger partial charge in [0.1, 0.15) is 0 Å². The topological polar surface area (TPSA) is 302 Å². The van der Waals surface area contributed by atoms with E-state index in [1.165, 1.54) is 0 Å². The van der Waals surface area contributed by atoms with Crippen molar-refractivity contribution in [1.82, 2.24) is 0 Å². The summed E-state index contributed by atoms with van der Waals surface area (Å²) in [4.78, 5) is 46.7. The molecule has 5 unspecified atom stereocenters. The molecule has 0 aliphatic rings. The van der Waals surface area contributed by atoms with Gasteiger partial charge < -0.3 is 75.0 Å². The number of aliphatic carboxylic acids is 5. The Labute approximate surface area is 230 Å². The van der Waals surface area contributed by atoms with Crippen molar-refractivity contribution in [2.45, 2.75) is 65.1 Å². The number of carbonyl (C=O) groups excluding carboxylic acids is 5. The van der Waals surface area contributed by atoms with Gasteiger partial charge in [0.15, 0.2) is 0 Å². The SMILES string of the molecule is CC(O)C(=O)[O-].CC(O)C(=O)[O-].CC(O)C(=O)[O-].CC(O)C(=O)[O-].CC(O)C(=O)[O-].[Ca+2].[Sb+3]. The Morgan fingerprint density at radius 3 is 0.469 bits per heavy atom. The largest absolute Gasteiger partial charge is 3.00 e. The molecule has 182 valence electrons. The third-order valence-electron chi connectivity index (χ3n) is 1.71. The Morgan fingerprint density at radius 2 is 0.469 bits per heavy atom. The average Bonchev–Trinajstić information content (AvgIpc) is 2.56. The normalized spacial score (nSPS) is 12.8. The molecule has 0 aliphatic heterocycles. The van der Waals surface area contributed by atoms with Gasteiger partial charge in [0.05, 0.1) is 60.4 Å². The number of aliphatic hydroxyl groups excluding tert-OH is 5. The third-order valence-corrected chi connectivity index (χ3v) is 1.71. The molecular weight excluding hydrogens is 582 g/mol. The molecule has 5 atom stereocenters. The van der Waals surface area contributed by atoms with Gasteiger partial charge in [0.2, 0.25) is 0 Å². The van der Waals surface area contributed by atoms with Crippen molar-refractivity contribution in [2.75, 3.05) is 0 Å². The summed E-state index contributed by atoms with van der Waals surface area (Å²) in [5.74, 6) is -7.18. The van der Waals surface area contributed by atoms with Gasteiger partial charge in [-0.15, -0.1) is 0 Å². The first-order valence-electron chi connectivity index (χ1n) is 7.66. The minimum absolute atomic E-state index is 0. The van der Waals surface area contributed by atoms with Crippen LogP contribution >= 0.6 is 0 Å². The number of hydrogen-bond donors (Lipinski definition) is 5. The predicted octanol–water partition coefficient (Wildman–Crippen LogP) is -10.2. The molecule has 2 radical (unpaired) electrons. The van der Waals surface area contributed by atoms with E-state index in [9.17, 15) is 49.5 Å². The van der Waals surface area contributed by atoms with E-state index in [-0.39, 0.29) is 62.2 Å². The van der Waals surface area contributed by atoms with E-state index >= 15 is 0 Å². The van der Waals surface area contributed by atoms with Gasteiger partial charge in [-0.1, -0.05) is 0 Å². The van der Waals surface area contributed by atoms with E-state index < -0.39 is 60.4 Å². The maximum atomic E-state index is 9.34. The minimum Gasteiger partial charge on any atom is -0.547 e. The summed E-state index contributed by atoms with van der Waals surface area (Å²) in [6, 6.07) is 0. The first kappa shape index (κ1) is 48.6. The number of hydrogen-bond acceptors (Lipinski definition) is 15. The third kappa shape index (κ3) is 63.0. The molecule has 0 saturated heterocycles. The maximum absolute atomic E-state index is 9.34. The van der Waals surface area contributed by atoms with Crippen LogP contribution in [0, 0.1) is 0 Å². The maximum Gasteiger partial charge on any atom is 3.00 e. The zero-order valence-corrected chi connectivity index (χ0v) is 22.6. The second-order valence-corrected chi connectivity index (χ2v) is 4.98. The summed E-state index contributed by atoms with van der Waals surface area (Å²) in [5.41, 5.74) is 0. The van der Waals surface area contributed by atoms with Crippen molar-refractivity contribution in [2.24, 2.45) is 0 Å². The van der Waals surface area contributed by atoms with Crippen LogP contribution in [-0.2, 0) is 24.0 Å². The summed E-state index contributed by atoms with van der Waals surface area (Å²) < 4.78 is 0. The van der Waals surface area contributed by atoms with E-state index in [4.69, 9.17) is 25.5 Å². The minimum atomic E-state index is -1.44. The Bertz CT molecular complexity index is 403. The zero-order chi connectivity index (χ0) is 25.8. The predicted molar refractivity (Wildman–Crippen MR) is 94.9 cm³/mol. The Hall–Kier alpha value is -0.772. The number of rotatable bonds is 5. The van der Waals surface area contributed by atoms with Gasteiger partial charge in [0.25, 0.3) is 0 Å². The standard InChI is InChI=1S/5C3H6O3.Ca.Sb/c5*1-2(4)3(5)6;;/h5*2,4H,1H3,(H,5,6);;/q;;;;;+2;+3/p-5. The molecule has 15 nitrogen and oxygen atoms in total. The Kier molecular flexibility index (Phi) is 45.9. The van der Waals surface area contributed by atoms with Gasteiger partial charge in [-0.2, -0.15) is 0 Å². The van der Waals surface area contributed by atoms with Crippen LogP contribution < -0.4 is 25.5 Å². The van der Waals surface area contributed by atoms with Gasteiger partial charge in [-0.05, 0) is 34.6 Å². The van der Waals surface area contributed by atoms with Gasteiger partial charge >= 0.3 is 62.2 Å². The van der Waals surface area contributed by atoms with Crippen LogP contribution in [-0.4, -0.2) is 148 Å². The van der Waals surface area contributed by atoms with Crippen molar-refractivity contribution in [3.8, 4) is 0 Å². The number of carbonyl (C=O) groups is 5. The second-order valence-electron chi connectivity index (χ2n) is 4.98. The van der Waals surface area contributed by atoms with Crippen molar-refractivity contribution >= 4 is 92.0 Å². The Balaban J connectivity index is -0.0000000481. The fraction of sp³-hybridized carbons (Fsp3) is 0.667. The first-order valence-corrected chi connectivity index (χ1v) is 7.66. The fourth-order valence-electron chi connectivity index (χ4n) is 0. The van der Waals surface area contributed by atoms with E-state index in [2.05, 4.69) is 0 Å². The van der Waals surface area contributed by atoms with Crippen LogP contribution in [0.2, 0.25) is 0 Å². The summed E-state index contributed by atoms with van der Waals surface area (Å²) >= 11 is 0. The molecule has 0 heterocycles. The molecular formula is C15H25CaO15Sb. The van der Waals surface area contributed by atoms with E-state index in [0.29, 0.717) is 0 Å². The van der Waals surface area contributed by atoms with Crippen molar-refractivity contribution in [1.29, 1.82) is 0 Å². The molecule has 0 amide bonds. The summed E-state index contributed by atoms with van der Waals surface area (Å²) in [7, 11) is 0. The van der Waals surface area contributed by atoms with Gasteiger partial charge in [-0.25, -0.2) is 0 Å². The Morgan fingerprint density at radius 1 is 0.438 bits per heavy atom. The van der Waals surface area contributed by atoms with Crippen LogP contribution in [0.3, 0.4) is 0 Å². The summed E-state index contributed by atoms with van der Waals surface area (Å²) in [6.07, 6.45) is -6.71. The first-order chi connectivity index (χ1) is 13.2. The number of aliphatic hydroxyl groups is 5. The monoisotopic (exact) mass is 606 g/mol. The number of carboxylic acids is 5. The van der Waals surface area contributed by atoms with Gasteiger partial charge in [0, 0.05) is 0 Å². The van der Waals surface area contributed by atoms with Crippen LogP contribution in [0.15, 0.2) is 0 Å². The fourth-order valence-corrected chi connectivity index (χ4v) is 0. The summed E-state index contributed by atoms with van der Waals surface area (Å²) in [5, 5.41) is 86.5. The van der Waals surface area contributed by atoms with E-state index in [1.807, 2.05) is 0 Å². The molecule has 17 heteroatoms. The molecule has 0 aromatic heterocycles. The van der Waals surface area contributed by atoms with Crippen LogP contribution in [0.5, 0.6) is 0 Å². The quantitative estimate of drug-likeness (QED) is 0.181. The van der Waals surface area contributed by atoms with Gasteiger partial charge in [-0.3, -0.25) is 0 Å². The molecule has 0 aromatic carbocycles.